The molecule has 3 aliphatic rings. The fourth-order valence-electron chi connectivity index (χ4n) is 6.30. The number of carboxylic acids is 2. The number of carbonyl (C=O) groups excluding carboxylic acids is 1. The van der Waals surface area contributed by atoms with Crippen LogP contribution in [0.4, 0.5) is 0 Å². The first kappa shape index (κ1) is 29.4. The second kappa shape index (κ2) is 13.1. The van der Waals surface area contributed by atoms with Gasteiger partial charge in [-0.25, -0.2) is 0 Å². The Morgan fingerprint density at radius 2 is 1.76 bits per heavy atom. The molecule has 1 aromatic carbocycles. The molecule has 4 heterocycles. The van der Waals surface area contributed by atoms with Crippen LogP contribution in [-0.4, -0.2) is 82.9 Å². The van der Waals surface area contributed by atoms with Gasteiger partial charge in [-0.05, 0) is 75.9 Å². The summed E-state index contributed by atoms with van der Waals surface area (Å²) in [5.41, 5.74) is 2.83. The molecule has 0 unspecified atom stereocenters. The molecule has 1 amide bonds. The van der Waals surface area contributed by atoms with Crippen molar-refractivity contribution in [2.24, 2.45) is 18.9 Å². The summed E-state index contributed by atoms with van der Waals surface area (Å²) in [7, 11) is 3.69. The normalized spacial score (nSPS) is 24.1. The second-order valence-corrected chi connectivity index (χ2v) is 10.4. The van der Waals surface area contributed by atoms with E-state index in [0.717, 1.165) is 67.3 Å². The van der Waals surface area contributed by atoms with E-state index in [0.29, 0.717) is 18.0 Å². The maximum atomic E-state index is 13.4. The number of ether oxygens (including phenoxy) is 1. The van der Waals surface area contributed by atoms with Crippen LogP contribution in [0.5, 0.6) is 5.75 Å². The molecule has 3 aliphatic heterocycles. The number of aliphatic carboxylic acids is 2. The number of aryl methyl sites for hydroxylation is 1. The molecule has 4 atom stereocenters. The number of hydrogen-bond acceptors (Lipinski definition) is 6. The zero-order chi connectivity index (χ0) is 28.0. The van der Waals surface area contributed by atoms with Crippen molar-refractivity contribution in [3.8, 4) is 5.75 Å². The van der Waals surface area contributed by atoms with Gasteiger partial charge in [-0.2, -0.15) is 0 Å². The van der Waals surface area contributed by atoms with Crippen molar-refractivity contribution in [2.45, 2.75) is 58.5 Å². The number of benzene rings is 1. The number of amides is 1. The fraction of sp³-hybridized carbons (Fsp3) is 0.607. The number of rotatable bonds is 4. The molecule has 10 heteroatoms. The Hall–Kier alpha value is -3.11. The van der Waals surface area contributed by atoms with Crippen LogP contribution in [0.3, 0.4) is 0 Å². The molecule has 0 aliphatic carbocycles. The summed E-state index contributed by atoms with van der Waals surface area (Å²) < 4.78 is 7.51. The molecule has 3 fully saturated rings. The van der Waals surface area contributed by atoms with Crippen LogP contribution in [0.1, 0.15) is 55.6 Å². The van der Waals surface area contributed by atoms with Crippen LogP contribution < -0.4 is 15.4 Å². The lowest BCUT2D eigenvalue weighted by Gasteiger charge is -2.55. The predicted molar refractivity (Wildman–Crippen MR) is 146 cm³/mol. The van der Waals surface area contributed by atoms with Crippen LogP contribution in [-0.2, 0) is 16.6 Å². The highest BCUT2D eigenvalue weighted by Crippen LogP contribution is 2.39. The Labute approximate surface area is 224 Å². The monoisotopic (exact) mass is 530 g/mol. The lowest BCUT2D eigenvalue weighted by Crippen LogP contribution is -2.65. The Morgan fingerprint density at radius 1 is 1.11 bits per heavy atom. The van der Waals surface area contributed by atoms with E-state index in [1.807, 2.05) is 32.2 Å². The number of methoxy groups -OCH3 is 1. The molecule has 38 heavy (non-hydrogen) atoms. The van der Waals surface area contributed by atoms with Gasteiger partial charge >= 0.3 is 0 Å². The number of carboxylic acid groups (broad SMARTS) is 2. The second-order valence-electron chi connectivity index (χ2n) is 10.4. The van der Waals surface area contributed by atoms with E-state index in [1.165, 1.54) is 32.2 Å². The van der Waals surface area contributed by atoms with E-state index in [-0.39, 0.29) is 5.91 Å². The van der Waals surface area contributed by atoms with Gasteiger partial charge in [0.2, 0.25) is 0 Å². The number of hydrogen-bond donors (Lipinski definition) is 4. The van der Waals surface area contributed by atoms with Crippen LogP contribution >= 0.6 is 0 Å². The van der Waals surface area contributed by atoms with Crippen molar-refractivity contribution in [2.75, 3.05) is 33.3 Å². The van der Waals surface area contributed by atoms with Gasteiger partial charge in [0.05, 0.1) is 12.7 Å². The van der Waals surface area contributed by atoms with Gasteiger partial charge in [0.15, 0.2) is 0 Å². The zero-order valence-corrected chi connectivity index (χ0v) is 23.1. The average Bonchev–Trinajstić information content (AvgIpc) is 3.12. The van der Waals surface area contributed by atoms with Crippen molar-refractivity contribution in [1.82, 2.24) is 20.1 Å². The highest BCUT2D eigenvalue weighted by atomic mass is 16.5. The van der Waals surface area contributed by atoms with Crippen LogP contribution in [0.15, 0.2) is 18.2 Å². The number of nitrogens with one attached hydrogen (secondary N) is 2. The Kier molecular flexibility index (Phi) is 10.2. The first-order valence-corrected chi connectivity index (χ1v) is 13.3. The minimum Gasteiger partial charge on any atom is -0.497 e. The Bertz CT molecular complexity index is 1130. The molecular weight excluding hydrogens is 488 g/mol. The summed E-state index contributed by atoms with van der Waals surface area (Å²) in [6.45, 7) is 8.34. The molecule has 5 rings (SSSR count). The van der Waals surface area contributed by atoms with E-state index < -0.39 is 11.9 Å². The predicted octanol–water partition coefficient (Wildman–Crippen LogP) is 2.87. The summed E-state index contributed by atoms with van der Waals surface area (Å²) in [5, 5.41) is 22.8. The first-order chi connectivity index (χ1) is 18.0. The standard InChI is InChI=1S/C24H34N4O2.2C2H4O2/c1-15-23(19-11-18(30-3)7-8-21(19)27(15)2)24(29)26-14-22-17-10-16(12-25-13-17)20-6-4-5-9-28(20)22;2*1-2(3)4/h7-8,11,16-17,20,22,25H,4-6,9-10,12-14H2,1-3H3,(H,26,29);2*1H3,(H,3,4)/t16-,17+,20+,22+;;/m1../s1. The summed E-state index contributed by atoms with van der Waals surface area (Å²) in [4.78, 5) is 34.1. The van der Waals surface area contributed by atoms with Gasteiger partial charge < -0.3 is 30.2 Å². The summed E-state index contributed by atoms with van der Waals surface area (Å²) >= 11 is 0. The third-order valence-corrected chi connectivity index (χ3v) is 7.92. The van der Waals surface area contributed by atoms with E-state index in [9.17, 15) is 4.79 Å². The summed E-state index contributed by atoms with van der Waals surface area (Å²) in [5.74, 6) is 0.562. The highest BCUT2D eigenvalue weighted by molar-refractivity contribution is 6.08. The third-order valence-electron chi connectivity index (χ3n) is 7.92. The number of carbonyl (C=O) groups is 3. The molecule has 4 N–H and O–H groups in total. The van der Waals surface area contributed by atoms with Crippen molar-refractivity contribution in [3.63, 3.8) is 0 Å². The quantitative estimate of drug-likeness (QED) is 0.474. The topological polar surface area (TPSA) is 133 Å². The molecular formula is C28H42N4O6. The van der Waals surface area contributed by atoms with Crippen molar-refractivity contribution >= 4 is 28.7 Å². The first-order valence-electron chi connectivity index (χ1n) is 13.3. The fourth-order valence-corrected chi connectivity index (χ4v) is 6.30. The molecule has 2 bridgehead atoms. The smallest absolute Gasteiger partial charge is 0.300 e. The summed E-state index contributed by atoms with van der Waals surface area (Å²) in [6.07, 6.45) is 5.25. The molecule has 0 radical (unpaired) electrons. The maximum absolute atomic E-state index is 13.4. The Balaban J connectivity index is 0.000000443. The number of nitrogens with zero attached hydrogens (tertiary/aromatic N) is 2. The molecule has 210 valence electrons. The molecule has 0 saturated carbocycles. The Morgan fingerprint density at radius 3 is 2.42 bits per heavy atom. The minimum absolute atomic E-state index is 0.0332. The average molecular weight is 531 g/mol. The van der Waals surface area contributed by atoms with Gasteiger partial charge in [-0.3, -0.25) is 19.3 Å². The van der Waals surface area contributed by atoms with Gasteiger partial charge in [0.25, 0.3) is 17.8 Å². The summed E-state index contributed by atoms with van der Waals surface area (Å²) in [6, 6.07) is 7.09. The SMILES string of the molecule is CC(=O)O.CC(=O)O.COc1ccc2c(c1)c(C(=O)NC[C@H]1[C@@H]3CNC[C@@H](C3)[C@@H]3CCCCN31)c(C)n2C. The van der Waals surface area contributed by atoms with Crippen LogP contribution in [0, 0.1) is 18.8 Å². The number of aromatic nitrogens is 1. The maximum Gasteiger partial charge on any atom is 0.300 e. The molecule has 3 saturated heterocycles. The van der Waals surface area contributed by atoms with Gasteiger partial charge in [0.1, 0.15) is 5.75 Å². The van der Waals surface area contributed by atoms with E-state index in [2.05, 4.69) is 20.1 Å². The molecule has 1 aromatic heterocycles. The lowest BCUT2D eigenvalue weighted by molar-refractivity contribution is -0.135. The largest absolute Gasteiger partial charge is 0.497 e. The van der Waals surface area contributed by atoms with Crippen molar-refractivity contribution in [3.05, 3.63) is 29.5 Å². The van der Waals surface area contributed by atoms with Gasteiger partial charge in [-0.1, -0.05) is 6.42 Å². The zero-order valence-electron chi connectivity index (χ0n) is 23.1. The van der Waals surface area contributed by atoms with E-state index >= 15 is 0 Å². The lowest BCUT2D eigenvalue weighted by atomic mass is 9.73. The number of fused-ring (bicyclic) bond motifs is 5. The highest BCUT2D eigenvalue weighted by Gasteiger charge is 2.45. The van der Waals surface area contributed by atoms with E-state index in [4.69, 9.17) is 24.5 Å². The molecule has 2 aromatic rings. The molecule has 10 nitrogen and oxygen atoms in total. The van der Waals surface area contributed by atoms with Gasteiger partial charge in [0, 0.05) is 56.1 Å². The van der Waals surface area contributed by atoms with E-state index in [1.54, 1.807) is 7.11 Å². The van der Waals surface area contributed by atoms with Crippen molar-refractivity contribution in [1.29, 1.82) is 0 Å². The van der Waals surface area contributed by atoms with Crippen LogP contribution in [0.25, 0.3) is 10.9 Å². The molecule has 0 spiro atoms. The number of piperidine rings is 3. The van der Waals surface area contributed by atoms with Gasteiger partial charge in [-0.15, -0.1) is 0 Å². The van der Waals surface area contributed by atoms with Crippen molar-refractivity contribution < 1.29 is 29.3 Å². The van der Waals surface area contributed by atoms with Crippen LogP contribution in [0.2, 0.25) is 0 Å². The minimum atomic E-state index is -0.833. The third kappa shape index (κ3) is 6.85.